The molecular formula is C9H9N3O4. The zero-order valence-corrected chi connectivity index (χ0v) is 8.21. The zero-order chi connectivity index (χ0) is 12.0. The minimum absolute atomic E-state index is 0.0832. The molecule has 0 bridgehead atoms. The predicted octanol–water partition coefficient (Wildman–Crippen LogP) is 0.909. The van der Waals surface area contributed by atoms with E-state index in [0.29, 0.717) is 0 Å². The summed E-state index contributed by atoms with van der Waals surface area (Å²) in [6.07, 6.45) is 3.08. The normalized spacial score (nSPS) is 9.25. The second kappa shape index (κ2) is 5.44. The van der Waals surface area contributed by atoms with Crippen LogP contribution in [0.4, 0.5) is 10.5 Å². The van der Waals surface area contributed by atoms with Crippen molar-refractivity contribution >= 4 is 17.7 Å². The van der Waals surface area contributed by atoms with Gasteiger partial charge in [-0.1, -0.05) is 12.7 Å². The van der Waals surface area contributed by atoms with E-state index in [1.165, 1.54) is 18.5 Å². The van der Waals surface area contributed by atoms with Gasteiger partial charge < -0.3 is 9.84 Å². The molecule has 7 heteroatoms. The third kappa shape index (κ3) is 3.37. The topological polar surface area (TPSA) is 101 Å². The second-order valence-corrected chi connectivity index (χ2v) is 2.61. The van der Waals surface area contributed by atoms with Gasteiger partial charge in [-0.25, -0.2) is 19.6 Å². The lowest BCUT2D eigenvalue weighted by Gasteiger charge is -2.03. The van der Waals surface area contributed by atoms with Crippen LogP contribution in [-0.4, -0.2) is 33.7 Å². The molecule has 1 aromatic heterocycles. The van der Waals surface area contributed by atoms with Crippen molar-refractivity contribution in [1.82, 2.24) is 9.97 Å². The van der Waals surface area contributed by atoms with Crippen LogP contribution >= 0.6 is 0 Å². The third-order valence-corrected chi connectivity index (χ3v) is 1.42. The fourth-order valence-corrected chi connectivity index (χ4v) is 0.792. The zero-order valence-electron chi connectivity index (χ0n) is 8.21. The quantitative estimate of drug-likeness (QED) is 0.735. The molecule has 1 amide bonds. The molecule has 1 aromatic rings. The van der Waals surface area contributed by atoms with E-state index < -0.39 is 12.1 Å². The number of carbonyl (C=O) groups excluding carboxylic acids is 1. The maximum atomic E-state index is 11.0. The number of hydrogen-bond acceptors (Lipinski definition) is 5. The van der Waals surface area contributed by atoms with E-state index in [-0.39, 0.29) is 18.1 Å². The molecular weight excluding hydrogens is 214 g/mol. The van der Waals surface area contributed by atoms with Gasteiger partial charge in [-0.15, -0.1) is 0 Å². The lowest BCUT2D eigenvalue weighted by molar-refractivity contribution is 0.0683. The molecule has 1 heterocycles. The highest BCUT2D eigenvalue weighted by atomic mass is 16.5. The average Bonchev–Trinajstić information content (AvgIpc) is 2.27. The van der Waals surface area contributed by atoms with Crippen molar-refractivity contribution in [1.29, 1.82) is 0 Å². The molecule has 0 fully saturated rings. The summed E-state index contributed by atoms with van der Waals surface area (Å²) in [6.45, 7) is 3.46. The Labute approximate surface area is 90.8 Å². The van der Waals surface area contributed by atoms with Crippen LogP contribution in [0.15, 0.2) is 25.0 Å². The molecule has 2 N–H and O–H groups in total. The van der Waals surface area contributed by atoms with Crippen molar-refractivity contribution in [2.24, 2.45) is 0 Å². The van der Waals surface area contributed by atoms with Gasteiger partial charge in [0.05, 0.1) is 18.1 Å². The standard InChI is InChI=1S/C9H9N3O4/c1-2-3-16-9(15)12-6-4-10-7(8(13)14)11-5-6/h2,4-5H,1,3H2,(H,12,15)(H,13,14). The van der Waals surface area contributed by atoms with Crippen LogP contribution in [-0.2, 0) is 4.74 Å². The first-order valence-corrected chi connectivity index (χ1v) is 4.23. The van der Waals surface area contributed by atoms with Crippen molar-refractivity contribution in [3.63, 3.8) is 0 Å². The molecule has 16 heavy (non-hydrogen) atoms. The van der Waals surface area contributed by atoms with Gasteiger partial charge in [0.15, 0.2) is 0 Å². The highest BCUT2D eigenvalue weighted by Crippen LogP contribution is 2.03. The number of nitrogens with one attached hydrogen (secondary N) is 1. The van der Waals surface area contributed by atoms with E-state index in [0.717, 1.165) is 0 Å². The van der Waals surface area contributed by atoms with Gasteiger partial charge in [0, 0.05) is 0 Å². The molecule has 1 rings (SSSR count). The fraction of sp³-hybridized carbons (Fsp3) is 0.111. The molecule has 0 unspecified atom stereocenters. The van der Waals surface area contributed by atoms with Crippen LogP contribution in [0.3, 0.4) is 0 Å². The van der Waals surface area contributed by atoms with E-state index in [9.17, 15) is 9.59 Å². The van der Waals surface area contributed by atoms with E-state index >= 15 is 0 Å². The molecule has 84 valence electrons. The third-order valence-electron chi connectivity index (χ3n) is 1.42. The Kier molecular flexibility index (Phi) is 3.96. The van der Waals surface area contributed by atoms with E-state index in [1.807, 2.05) is 0 Å². The van der Waals surface area contributed by atoms with Gasteiger partial charge in [-0.05, 0) is 0 Å². The molecule has 0 aromatic carbocycles. The summed E-state index contributed by atoms with van der Waals surface area (Å²) < 4.78 is 4.63. The first-order valence-electron chi connectivity index (χ1n) is 4.23. The van der Waals surface area contributed by atoms with Gasteiger partial charge in [-0.2, -0.15) is 0 Å². The number of aromatic carboxylic acids is 1. The maximum absolute atomic E-state index is 11.0. The maximum Gasteiger partial charge on any atom is 0.412 e. The summed E-state index contributed by atoms with van der Waals surface area (Å²) in [5.41, 5.74) is 0.249. The SMILES string of the molecule is C=CCOC(=O)Nc1cnc(C(=O)O)nc1. The summed E-state index contributed by atoms with van der Waals surface area (Å²) in [4.78, 5) is 28.5. The number of carbonyl (C=O) groups is 2. The van der Waals surface area contributed by atoms with Gasteiger partial charge in [0.2, 0.25) is 5.82 Å². The first kappa shape index (κ1) is 11.6. The largest absolute Gasteiger partial charge is 0.475 e. The first-order chi connectivity index (χ1) is 7.63. The average molecular weight is 223 g/mol. The molecule has 0 radical (unpaired) electrons. The smallest absolute Gasteiger partial charge is 0.412 e. The molecule has 0 aliphatic carbocycles. The van der Waals surface area contributed by atoms with Gasteiger partial charge in [0.25, 0.3) is 0 Å². The summed E-state index contributed by atoms with van der Waals surface area (Å²) in [7, 11) is 0. The lowest BCUT2D eigenvalue weighted by Crippen LogP contribution is -2.14. The Morgan fingerprint density at radius 3 is 2.62 bits per heavy atom. The number of ether oxygens (including phenoxy) is 1. The van der Waals surface area contributed by atoms with Crippen LogP contribution in [0, 0.1) is 0 Å². The molecule has 0 aliphatic rings. The predicted molar refractivity (Wildman–Crippen MR) is 54.2 cm³/mol. The van der Waals surface area contributed by atoms with Crippen molar-refractivity contribution in [2.45, 2.75) is 0 Å². The molecule has 0 saturated carbocycles. The Bertz CT molecular complexity index is 402. The van der Waals surface area contributed by atoms with Gasteiger partial charge >= 0.3 is 12.1 Å². The van der Waals surface area contributed by atoms with Crippen LogP contribution in [0.5, 0.6) is 0 Å². The van der Waals surface area contributed by atoms with Gasteiger partial charge in [0.1, 0.15) is 6.61 Å². The van der Waals surface area contributed by atoms with Crippen LogP contribution < -0.4 is 5.32 Å². The highest BCUT2D eigenvalue weighted by Gasteiger charge is 2.07. The second-order valence-electron chi connectivity index (χ2n) is 2.61. The number of rotatable bonds is 4. The van der Waals surface area contributed by atoms with E-state index in [4.69, 9.17) is 5.11 Å². The Morgan fingerprint density at radius 1 is 1.50 bits per heavy atom. The Balaban J connectivity index is 2.58. The fourth-order valence-electron chi connectivity index (χ4n) is 0.792. The van der Waals surface area contributed by atoms with Crippen molar-refractivity contribution in [3.05, 3.63) is 30.9 Å². The van der Waals surface area contributed by atoms with E-state index in [2.05, 4.69) is 26.6 Å². The molecule has 0 saturated heterocycles. The minimum atomic E-state index is -1.24. The number of carboxylic acids is 1. The van der Waals surface area contributed by atoms with Crippen LogP contribution in [0.1, 0.15) is 10.6 Å². The Hall–Kier alpha value is -2.44. The van der Waals surface area contributed by atoms with Gasteiger partial charge in [-0.3, -0.25) is 5.32 Å². The number of carboxylic acid groups (broad SMARTS) is 1. The van der Waals surface area contributed by atoms with Crippen molar-refractivity contribution in [2.75, 3.05) is 11.9 Å². The highest BCUT2D eigenvalue weighted by molar-refractivity contribution is 5.85. The van der Waals surface area contributed by atoms with Crippen LogP contribution in [0.2, 0.25) is 0 Å². The molecule has 7 nitrogen and oxygen atoms in total. The molecule has 0 spiro atoms. The number of aromatic nitrogens is 2. The number of hydrogen-bond donors (Lipinski definition) is 2. The van der Waals surface area contributed by atoms with Crippen molar-refractivity contribution in [3.8, 4) is 0 Å². The lowest BCUT2D eigenvalue weighted by atomic mass is 10.5. The van der Waals surface area contributed by atoms with E-state index in [1.54, 1.807) is 0 Å². The number of anilines is 1. The minimum Gasteiger partial charge on any atom is -0.475 e. The summed E-state index contributed by atoms with van der Waals surface area (Å²) >= 11 is 0. The summed E-state index contributed by atoms with van der Waals surface area (Å²) in [6, 6.07) is 0. The monoisotopic (exact) mass is 223 g/mol. The molecule has 0 aliphatic heterocycles. The Morgan fingerprint density at radius 2 is 2.12 bits per heavy atom. The summed E-state index contributed by atoms with van der Waals surface area (Å²) in [5, 5.41) is 10.8. The van der Waals surface area contributed by atoms with Crippen LogP contribution in [0.25, 0.3) is 0 Å². The number of nitrogens with zero attached hydrogens (tertiary/aromatic N) is 2. The number of amides is 1. The summed E-state index contributed by atoms with van der Waals surface area (Å²) in [5.74, 6) is -1.58. The van der Waals surface area contributed by atoms with Crippen molar-refractivity contribution < 1.29 is 19.4 Å². The molecule has 0 atom stereocenters.